The number of carboxylic acid groups (broad SMARTS) is 1. The number of aromatic amines is 1. The Morgan fingerprint density at radius 3 is 1.58 bits per heavy atom. The number of aliphatic hydroxyl groups excluding tert-OH is 1. The quantitative estimate of drug-likeness (QED) is 0.0394. The number of aliphatic carboxylic acids is 1. The van der Waals surface area contributed by atoms with E-state index in [1.54, 1.807) is 36.8 Å². The van der Waals surface area contributed by atoms with Gasteiger partial charge < -0.3 is 72.1 Å². The number of fused-ring (bicyclic) bond motifs is 1. The Bertz CT molecular complexity index is 2290. The minimum absolute atomic E-state index is 0.0403. The van der Waals surface area contributed by atoms with Crippen molar-refractivity contribution in [2.75, 3.05) is 34.3 Å². The number of aldehydes is 1. The van der Waals surface area contributed by atoms with Gasteiger partial charge in [-0.2, -0.15) is 0 Å². The lowest BCUT2D eigenvalue weighted by Gasteiger charge is -2.25. The first-order chi connectivity index (χ1) is 35.0. The molecule has 21 heteroatoms. The van der Waals surface area contributed by atoms with Gasteiger partial charge >= 0.3 is 0 Å². The Kier molecular flexibility index (Phi) is 38.4. The molecule has 0 bridgehead atoms. The number of carbonyl (C=O) groups excluding carboxylic acids is 7. The highest BCUT2D eigenvalue weighted by Gasteiger charge is 2.28. The summed E-state index contributed by atoms with van der Waals surface area (Å²) >= 11 is 0. The van der Waals surface area contributed by atoms with Gasteiger partial charge in [-0.05, 0) is 79.4 Å². The number of phenolic OH excluding ortho intramolecular Hbond substituents is 2. The van der Waals surface area contributed by atoms with Crippen molar-refractivity contribution in [1.82, 2.24) is 42.4 Å². The first kappa shape index (κ1) is 67.1. The number of aromatic nitrogens is 1. The number of H-pyrrole nitrogens is 1. The molecule has 5 rings (SSSR count). The zero-order chi connectivity index (χ0) is 55.6. The molecular weight excluding hydrogens is 945 g/mol. The van der Waals surface area contributed by atoms with Crippen molar-refractivity contribution in [3.05, 3.63) is 132 Å². The van der Waals surface area contributed by atoms with Crippen molar-refractivity contribution in [3.8, 4) is 11.5 Å². The predicted molar refractivity (Wildman–Crippen MR) is 279 cm³/mol. The fourth-order valence-electron chi connectivity index (χ4n) is 6.25. The van der Waals surface area contributed by atoms with Crippen LogP contribution >= 0.6 is 0 Å². The standard InChI is InChI=1S/C32H37N5O4.C12H14N2O4.C3H8.C2H4O2.CH5NO.CH4O.CH2O/c1-21(16-24-19-34-27-11-7-6-10-26(24)27)35-31(40)29(17-22-8-4-3-5-9-22)37-32(41)28(36-30(39)20-33-2)18-23-12-14-25(38)15-13-23;15-7-10(14-12(18)6-13-8-16)5-9-1-3-11(17)4-2-9;1-3-2;1-2(3)4;1-2-3;2*1-2/h3-15,19,21,28-29,33-34,38H,16-18,20H2,1-2H3,(H,35,40)(H,36,39)(H,37,41);1-4,7-8,10,17H,5-6H2,(H,13,16)(H,14,18);3H2,1-2H3;1H3,(H,3,4);2-3H,1H3;2H,1H3;1H2/t21?,28?,29-;;;;;;/m0....../s1. The van der Waals surface area contributed by atoms with Crippen molar-refractivity contribution < 1.29 is 64.0 Å². The van der Waals surface area contributed by atoms with Gasteiger partial charge in [-0.1, -0.05) is 93.1 Å². The van der Waals surface area contributed by atoms with Crippen LogP contribution in [0.4, 0.5) is 0 Å². The number of hydrogen-bond donors (Lipinski definition) is 13. The largest absolute Gasteiger partial charge is 0.508 e. The molecule has 0 aliphatic carbocycles. The second-order valence-corrected chi connectivity index (χ2v) is 15.4. The summed E-state index contributed by atoms with van der Waals surface area (Å²) in [7, 11) is 4.08. The molecule has 1 aromatic heterocycles. The number of para-hydroxylation sites is 1. The average Bonchev–Trinajstić information content (AvgIpc) is 3.78. The van der Waals surface area contributed by atoms with Gasteiger partial charge in [0.05, 0.1) is 19.1 Å². The molecule has 13 N–H and O–H groups in total. The van der Waals surface area contributed by atoms with E-state index in [0.717, 1.165) is 47.2 Å². The summed E-state index contributed by atoms with van der Waals surface area (Å²) in [4.78, 5) is 92.0. The lowest BCUT2D eigenvalue weighted by atomic mass is 10.0. The van der Waals surface area contributed by atoms with Crippen LogP contribution in [0.15, 0.2) is 109 Å². The van der Waals surface area contributed by atoms with Gasteiger partial charge in [-0.3, -0.25) is 28.8 Å². The molecule has 4 aromatic carbocycles. The second kappa shape index (κ2) is 41.8. The summed E-state index contributed by atoms with van der Waals surface area (Å²) in [6.45, 7) is 9.15. The number of aromatic hydroxyl groups is 2. The van der Waals surface area contributed by atoms with Crippen LogP contribution in [0.3, 0.4) is 0 Å². The minimum Gasteiger partial charge on any atom is -0.508 e. The van der Waals surface area contributed by atoms with Crippen molar-refractivity contribution in [2.45, 2.75) is 84.0 Å². The second-order valence-electron chi connectivity index (χ2n) is 15.4. The van der Waals surface area contributed by atoms with E-state index in [2.05, 4.69) is 50.7 Å². The normalized spacial score (nSPS) is 11.2. The van der Waals surface area contributed by atoms with Gasteiger partial charge in [0.15, 0.2) is 0 Å². The lowest BCUT2D eigenvalue weighted by Crippen LogP contribution is -2.56. The Hall–Kier alpha value is -7.98. The molecular formula is C52H74N8O13. The number of carbonyl (C=O) groups is 8. The summed E-state index contributed by atoms with van der Waals surface area (Å²) in [5.74, 6) is -2.14. The fourth-order valence-corrected chi connectivity index (χ4v) is 6.25. The topological polar surface area (TPSA) is 338 Å². The van der Waals surface area contributed by atoms with Crippen molar-refractivity contribution in [1.29, 1.82) is 0 Å². The third-order valence-electron chi connectivity index (χ3n) is 9.12. The van der Waals surface area contributed by atoms with E-state index >= 15 is 0 Å². The van der Waals surface area contributed by atoms with Crippen LogP contribution in [-0.2, 0) is 64.0 Å². The maximum absolute atomic E-state index is 13.6. The lowest BCUT2D eigenvalue weighted by molar-refractivity contribution is -0.134. The van der Waals surface area contributed by atoms with E-state index in [1.807, 2.05) is 74.5 Å². The third kappa shape index (κ3) is 31.1. The molecule has 400 valence electrons. The molecule has 4 atom stereocenters. The number of rotatable bonds is 20. The predicted octanol–water partition coefficient (Wildman–Crippen LogP) is 2.49. The molecule has 5 aromatic rings. The first-order valence-corrected chi connectivity index (χ1v) is 22.9. The van der Waals surface area contributed by atoms with Crippen molar-refractivity contribution in [3.63, 3.8) is 0 Å². The number of amides is 5. The Morgan fingerprint density at radius 2 is 1.08 bits per heavy atom. The zero-order valence-corrected chi connectivity index (χ0v) is 42.5. The van der Waals surface area contributed by atoms with E-state index in [0.29, 0.717) is 25.5 Å². The summed E-state index contributed by atoms with van der Waals surface area (Å²) < 4.78 is 0. The van der Waals surface area contributed by atoms with Crippen molar-refractivity contribution in [2.24, 2.45) is 0 Å². The molecule has 0 radical (unpaired) electrons. The minimum atomic E-state index is -0.921. The highest BCUT2D eigenvalue weighted by Crippen LogP contribution is 2.19. The maximum Gasteiger partial charge on any atom is 0.300 e. The van der Waals surface area contributed by atoms with Gasteiger partial charge in [-0.25, -0.2) is 5.48 Å². The van der Waals surface area contributed by atoms with Gasteiger partial charge in [0.2, 0.25) is 30.0 Å². The summed E-state index contributed by atoms with van der Waals surface area (Å²) in [6, 6.07) is 27.7. The maximum atomic E-state index is 13.6. The number of carboxylic acids is 1. The molecule has 0 saturated heterocycles. The number of hydrogen-bond acceptors (Lipinski definition) is 14. The highest BCUT2D eigenvalue weighted by atomic mass is 16.5. The summed E-state index contributed by atoms with van der Waals surface area (Å²) in [5.41, 5.74) is 6.35. The highest BCUT2D eigenvalue weighted by molar-refractivity contribution is 5.93. The van der Waals surface area contributed by atoms with Crippen molar-refractivity contribution >= 4 is 60.0 Å². The molecule has 0 fully saturated rings. The van der Waals surface area contributed by atoms with E-state index < -0.39 is 35.9 Å². The number of hydroxylamine groups is 1. The van der Waals surface area contributed by atoms with E-state index in [-0.39, 0.29) is 55.3 Å². The average molecular weight is 1020 g/mol. The SMILES string of the molecule is C=O.CC(=O)O.CCC.CNCC(=O)NC(Cc1ccc(O)cc1)C(=O)N[C@@H](Cc1ccccc1)C(=O)NC(C)Cc1c[nH]c2ccccc12.CNO.CO.O=CNCC(=O)NC(C=O)Cc1ccc(O)cc1. The zero-order valence-electron chi connectivity index (χ0n) is 42.5. The molecule has 73 heavy (non-hydrogen) atoms. The van der Waals surface area contributed by atoms with Gasteiger partial charge in [0, 0.05) is 57.1 Å². The molecule has 21 nitrogen and oxygen atoms in total. The van der Waals surface area contributed by atoms with Gasteiger partial charge in [0.25, 0.3) is 5.97 Å². The van der Waals surface area contributed by atoms with E-state index in [4.69, 9.17) is 30.1 Å². The fraction of sp³-hybridized carbons (Fsp3) is 0.346. The molecule has 0 aliphatic heterocycles. The summed E-state index contributed by atoms with van der Waals surface area (Å²) in [5, 5.41) is 57.8. The van der Waals surface area contributed by atoms with Crippen LogP contribution in [0.2, 0.25) is 0 Å². The first-order valence-electron chi connectivity index (χ1n) is 22.9. The van der Waals surface area contributed by atoms with Crippen LogP contribution < -0.4 is 37.4 Å². The van der Waals surface area contributed by atoms with Crippen LogP contribution in [0.5, 0.6) is 11.5 Å². The molecule has 3 unspecified atom stereocenters. The van der Waals surface area contributed by atoms with Crippen LogP contribution in [0.25, 0.3) is 10.9 Å². The summed E-state index contributed by atoms with van der Waals surface area (Å²) in [6.07, 6.45) is 5.67. The Labute approximate surface area is 426 Å². The number of phenols is 2. The van der Waals surface area contributed by atoms with Gasteiger partial charge in [0.1, 0.15) is 36.7 Å². The molecule has 1 heterocycles. The number of likely N-dealkylation sites (N-methyl/N-ethyl adjacent to an activating group) is 1. The van der Waals surface area contributed by atoms with E-state index in [9.17, 15) is 33.9 Å². The smallest absolute Gasteiger partial charge is 0.300 e. The Balaban J connectivity index is 0. The van der Waals surface area contributed by atoms with Crippen LogP contribution in [0.1, 0.15) is 56.4 Å². The molecule has 0 spiro atoms. The number of nitrogens with one attached hydrogen (secondary N) is 8. The molecule has 0 saturated carbocycles. The number of aliphatic hydroxyl groups is 1. The number of benzene rings is 4. The van der Waals surface area contributed by atoms with E-state index in [1.165, 1.54) is 37.7 Å². The third-order valence-corrected chi connectivity index (χ3v) is 9.12. The van der Waals surface area contributed by atoms with Gasteiger partial charge in [-0.15, -0.1) is 0 Å². The van der Waals surface area contributed by atoms with Crippen LogP contribution in [0, 0.1) is 0 Å². The molecule has 0 aliphatic rings. The molecule has 5 amide bonds. The monoisotopic (exact) mass is 1020 g/mol. The Morgan fingerprint density at radius 1 is 0.644 bits per heavy atom. The van der Waals surface area contributed by atoms with Crippen LogP contribution in [-0.4, -0.2) is 138 Å².